The third kappa shape index (κ3) is 3.66. The van der Waals surface area contributed by atoms with Crippen LogP contribution in [0.4, 0.5) is 5.69 Å². The molecule has 1 aliphatic rings. The SMILES string of the molecule is COc1cccc(N2CCN(Cc3cc(=O)n4c(C)cccc4n3)CC2)c1. The van der Waals surface area contributed by atoms with Crippen LogP contribution in [0.1, 0.15) is 11.4 Å². The van der Waals surface area contributed by atoms with E-state index in [9.17, 15) is 4.79 Å². The smallest absolute Gasteiger partial charge is 0.258 e. The molecule has 27 heavy (non-hydrogen) atoms. The highest BCUT2D eigenvalue weighted by Crippen LogP contribution is 2.22. The van der Waals surface area contributed by atoms with Crippen LogP contribution in [0, 0.1) is 6.92 Å². The molecule has 1 fully saturated rings. The summed E-state index contributed by atoms with van der Waals surface area (Å²) < 4.78 is 6.98. The minimum Gasteiger partial charge on any atom is -0.497 e. The Balaban J connectivity index is 1.45. The first-order valence-corrected chi connectivity index (χ1v) is 9.24. The molecule has 1 aromatic carbocycles. The fraction of sp³-hybridized carbons (Fsp3) is 0.333. The van der Waals surface area contributed by atoms with Crippen LogP contribution in [0.15, 0.2) is 53.3 Å². The van der Waals surface area contributed by atoms with Crippen molar-refractivity contribution in [3.8, 4) is 5.75 Å². The van der Waals surface area contributed by atoms with Gasteiger partial charge in [0.15, 0.2) is 0 Å². The second-order valence-corrected chi connectivity index (χ2v) is 6.91. The van der Waals surface area contributed by atoms with Gasteiger partial charge in [-0.05, 0) is 31.2 Å². The number of pyridine rings is 1. The van der Waals surface area contributed by atoms with E-state index in [2.05, 4.69) is 26.9 Å². The first-order chi connectivity index (χ1) is 13.1. The van der Waals surface area contributed by atoms with Crippen LogP contribution in [-0.2, 0) is 6.54 Å². The molecule has 140 valence electrons. The number of benzene rings is 1. The molecule has 0 aliphatic carbocycles. The Morgan fingerprint density at radius 1 is 1.04 bits per heavy atom. The van der Waals surface area contributed by atoms with Crippen molar-refractivity contribution in [3.63, 3.8) is 0 Å². The van der Waals surface area contributed by atoms with Gasteiger partial charge >= 0.3 is 0 Å². The zero-order valence-corrected chi connectivity index (χ0v) is 15.8. The number of anilines is 1. The average molecular weight is 364 g/mol. The predicted octanol–water partition coefficient (Wildman–Crippen LogP) is 2.33. The molecule has 0 bridgehead atoms. The second kappa shape index (κ2) is 7.40. The molecule has 6 heteroatoms. The molecule has 0 amide bonds. The number of nitrogens with zero attached hydrogens (tertiary/aromatic N) is 4. The summed E-state index contributed by atoms with van der Waals surface area (Å²) in [5.41, 5.74) is 3.63. The molecule has 3 aromatic rings. The van der Waals surface area contributed by atoms with Gasteiger partial charge < -0.3 is 9.64 Å². The Morgan fingerprint density at radius 3 is 2.59 bits per heavy atom. The van der Waals surface area contributed by atoms with Crippen molar-refractivity contribution in [2.24, 2.45) is 0 Å². The van der Waals surface area contributed by atoms with Crippen LogP contribution in [0.5, 0.6) is 5.75 Å². The molecule has 1 saturated heterocycles. The van der Waals surface area contributed by atoms with Gasteiger partial charge in [0.05, 0.1) is 12.8 Å². The Morgan fingerprint density at radius 2 is 1.81 bits per heavy atom. The lowest BCUT2D eigenvalue weighted by molar-refractivity contribution is 0.247. The molecule has 6 nitrogen and oxygen atoms in total. The Bertz CT molecular complexity index is 1010. The van der Waals surface area contributed by atoms with Crippen LogP contribution in [-0.4, -0.2) is 47.6 Å². The number of hydrogen-bond donors (Lipinski definition) is 0. The van der Waals surface area contributed by atoms with E-state index in [0.29, 0.717) is 12.2 Å². The minimum atomic E-state index is -0.0110. The first-order valence-electron chi connectivity index (χ1n) is 9.24. The summed E-state index contributed by atoms with van der Waals surface area (Å²) in [5.74, 6) is 0.881. The number of hydrogen-bond acceptors (Lipinski definition) is 5. The van der Waals surface area contributed by atoms with Crippen molar-refractivity contribution < 1.29 is 4.74 Å². The van der Waals surface area contributed by atoms with E-state index in [4.69, 9.17) is 4.74 Å². The topological polar surface area (TPSA) is 50.1 Å². The van der Waals surface area contributed by atoms with Gasteiger partial charge in [-0.25, -0.2) is 4.98 Å². The molecule has 0 saturated carbocycles. The number of piperazine rings is 1. The summed E-state index contributed by atoms with van der Waals surface area (Å²) in [6, 6.07) is 15.6. The Kier molecular flexibility index (Phi) is 4.81. The summed E-state index contributed by atoms with van der Waals surface area (Å²) in [5, 5.41) is 0. The van der Waals surface area contributed by atoms with E-state index >= 15 is 0 Å². The number of methoxy groups -OCH3 is 1. The Labute approximate surface area is 158 Å². The van der Waals surface area contributed by atoms with Crippen molar-refractivity contribution in [2.75, 3.05) is 38.2 Å². The third-order valence-corrected chi connectivity index (χ3v) is 5.11. The van der Waals surface area contributed by atoms with E-state index in [1.54, 1.807) is 17.6 Å². The highest BCUT2D eigenvalue weighted by molar-refractivity contribution is 5.51. The van der Waals surface area contributed by atoms with Crippen molar-refractivity contribution in [3.05, 3.63) is 70.3 Å². The number of fused-ring (bicyclic) bond motifs is 1. The number of rotatable bonds is 4. The van der Waals surface area contributed by atoms with Gasteiger partial charge in [-0.3, -0.25) is 14.1 Å². The van der Waals surface area contributed by atoms with E-state index in [1.165, 1.54) is 5.69 Å². The van der Waals surface area contributed by atoms with Gasteiger partial charge in [-0.15, -0.1) is 0 Å². The second-order valence-electron chi connectivity index (χ2n) is 6.91. The van der Waals surface area contributed by atoms with Crippen LogP contribution >= 0.6 is 0 Å². The van der Waals surface area contributed by atoms with E-state index in [1.807, 2.05) is 37.3 Å². The lowest BCUT2D eigenvalue weighted by atomic mass is 10.2. The van der Waals surface area contributed by atoms with Crippen molar-refractivity contribution >= 4 is 11.3 Å². The molecular weight excluding hydrogens is 340 g/mol. The normalized spacial score (nSPS) is 15.3. The highest BCUT2D eigenvalue weighted by Gasteiger charge is 2.18. The zero-order chi connectivity index (χ0) is 18.8. The van der Waals surface area contributed by atoms with Gasteiger partial charge in [0.2, 0.25) is 0 Å². The summed E-state index contributed by atoms with van der Waals surface area (Å²) >= 11 is 0. The molecule has 4 rings (SSSR count). The summed E-state index contributed by atoms with van der Waals surface area (Å²) in [6.45, 7) is 6.38. The lowest BCUT2D eigenvalue weighted by Gasteiger charge is -2.36. The number of ether oxygens (including phenoxy) is 1. The van der Waals surface area contributed by atoms with Crippen LogP contribution in [0.2, 0.25) is 0 Å². The molecule has 2 aromatic heterocycles. The van der Waals surface area contributed by atoms with Crippen molar-refractivity contribution in [2.45, 2.75) is 13.5 Å². The number of aryl methyl sites for hydroxylation is 1. The van der Waals surface area contributed by atoms with E-state index < -0.39 is 0 Å². The van der Waals surface area contributed by atoms with Gasteiger partial charge in [0, 0.05) is 56.2 Å². The van der Waals surface area contributed by atoms with Crippen LogP contribution < -0.4 is 15.2 Å². The van der Waals surface area contributed by atoms with Gasteiger partial charge in [-0.2, -0.15) is 0 Å². The summed E-state index contributed by atoms with van der Waals surface area (Å²) in [4.78, 5) is 21.8. The largest absolute Gasteiger partial charge is 0.497 e. The minimum absolute atomic E-state index is 0.0110. The highest BCUT2D eigenvalue weighted by atomic mass is 16.5. The predicted molar refractivity (Wildman–Crippen MR) is 107 cm³/mol. The molecular formula is C21H24N4O2. The molecule has 0 unspecified atom stereocenters. The quantitative estimate of drug-likeness (QED) is 0.711. The third-order valence-electron chi connectivity index (χ3n) is 5.11. The van der Waals surface area contributed by atoms with Gasteiger partial charge in [0.1, 0.15) is 11.4 Å². The Hall–Kier alpha value is -2.86. The molecule has 1 aliphatic heterocycles. The average Bonchev–Trinajstić information content (AvgIpc) is 2.68. The van der Waals surface area contributed by atoms with Gasteiger partial charge in [0.25, 0.3) is 5.56 Å². The van der Waals surface area contributed by atoms with Crippen LogP contribution in [0.25, 0.3) is 5.65 Å². The molecule has 3 heterocycles. The fourth-order valence-corrected chi connectivity index (χ4v) is 3.65. The maximum atomic E-state index is 12.4. The zero-order valence-electron chi connectivity index (χ0n) is 15.8. The maximum absolute atomic E-state index is 12.4. The lowest BCUT2D eigenvalue weighted by Crippen LogP contribution is -2.46. The first kappa shape index (κ1) is 17.5. The molecule has 0 atom stereocenters. The molecule has 0 spiro atoms. The fourth-order valence-electron chi connectivity index (χ4n) is 3.65. The van der Waals surface area contributed by atoms with E-state index in [0.717, 1.165) is 43.3 Å². The van der Waals surface area contributed by atoms with Gasteiger partial charge in [-0.1, -0.05) is 12.1 Å². The van der Waals surface area contributed by atoms with Crippen LogP contribution in [0.3, 0.4) is 0 Å². The van der Waals surface area contributed by atoms with E-state index in [-0.39, 0.29) is 5.56 Å². The number of aromatic nitrogens is 2. The molecule has 0 N–H and O–H groups in total. The summed E-state index contributed by atoms with van der Waals surface area (Å²) in [6.07, 6.45) is 0. The standard InChI is InChI=1S/C21H24N4O2/c1-16-5-3-8-20-22-17(13-21(26)25(16)20)15-23-9-11-24(12-10-23)18-6-4-7-19(14-18)27-2/h3-8,13-14H,9-12,15H2,1-2H3. The maximum Gasteiger partial charge on any atom is 0.258 e. The summed E-state index contributed by atoms with van der Waals surface area (Å²) in [7, 11) is 1.69. The monoisotopic (exact) mass is 364 g/mol. The van der Waals surface area contributed by atoms with Crippen molar-refractivity contribution in [1.82, 2.24) is 14.3 Å². The van der Waals surface area contributed by atoms with Crippen molar-refractivity contribution in [1.29, 1.82) is 0 Å². The molecule has 0 radical (unpaired) electrons.